The predicted octanol–water partition coefficient (Wildman–Crippen LogP) is 2.20. The van der Waals surface area contributed by atoms with E-state index in [2.05, 4.69) is 9.97 Å². The molecule has 13 heavy (non-hydrogen) atoms. The summed E-state index contributed by atoms with van der Waals surface area (Å²) in [6.45, 7) is 4.00. The first kappa shape index (κ1) is 12.1. The number of aromatic nitrogens is 2. The lowest BCUT2D eigenvalue weighted by molar-refractivity contribution is 0.112. The molecule has 2 N–H and O–H groups in total. The molecule has 4 nitrogen and oxygen atoms in total. The smallest absolute Gasteiger partial charge is 0.222 e. The minimum atomic E-state index is -0.0504. The Bertz CT molecular complexity index is 281. The Morgan fingerprint density at radius 1 is 1.23 bits per heavy atom. The number of anilines is 1. The van der Waals surface area contributed by atoms with E-state index in [1.807, 2.05) is 13.8 Å². The number of rotatable bonds is 1. The standard InChI is InChI=1S/C5H3Cl2N3O.C2H6/c6-3-2(1-11)4(7)10-5(8)9-3;1-2/h1H,(H2,8,9,10);1-2H3. The molecule has 0 saturated carbocycles. The summed E-state index contributed by atoms with van der Waals surface area (Å²) in [5.74, 6) is -0.0504. The van der Waals surface area contributed by atoms with Crippen LogP contribution in [0.25, 0.3) is 0 Å². The number of hydrogen-bond acceptors (Lipinski definition) is 4. The number of carbonyl (C=O) groups excluding carboxylic acids is 1. The number of carbonyl (C=O) groups is 1. The fourth-order valence-electron chi connectivity index (χ4n) is 0.529. The van der Waals surface area contributed by atoms with Crippen LogP contribution in [0.15, 0.2) is 0 Å². The van der Waals surface area contributed by atoms with E-state index in [4.69, 9.17) is 28.9 Å². The van der Waals surface area contributed by atoms with Crippen molar-refractivity contribution < 1.29 is 4.79 Å². The van der Waals surface area contributed by atoms with Gasteiger partial charge in [-0.3, -0.25) is 4.79 Å². The normalized spacial score (nSPS) is 8.62. The predicted molar refractivity (Wildman–Crippen MR) is 53.2 cm³/mol. The van der Waals surface area contributed by atoms with Gasteiger partial charge in [-0.2, -0.15) is 0 Å². The van der Waals surface area contributed by atoms with Crippen LogP contribution in [0.3, 0.4) is 0 Å². The zero-order valence-electron chi connectivity index (χ0n) is 7.21. The maximum atomic E-state index is 10.3. The molecule has 0 radical (unpaired) electrons. The van der Waals surface area contributed by atoms with Crippen LogP contribution < -0.4 is 5.73 Å². The zero-order valence-corrected chi connectivity index (χ0v) is 8.73. The Balaban J connectivity index is 0.000000671. The maximum Gasteiger partial charge on any atom is 0.222 e. The molecule has 72 valence electrons. The van der Waals surface area contributed by atoms with Crippen molar-refractivity contribution in [3.05, 3.63) is 15.9 Å². The Hall–Kier alpha value is -0.870. The highest BCUT2D eigenvalue weighted by atomic mass is 35.5. The molecule has 6 heteroatoms. The zero-order chi connectivity index (χ0) is 10.4. The first-order valence-electron chi connectivity index (χ1n) is 3.59. The largest absolute Gasteiger partial charge is 0.368 e. The molecule has 0 aliphatic rings. The van der Waals surface area contributed by atoms with E-state index in [0.717, 1.165) is 0 Å². The van der Waals surface area contributed by atoms with Gasteiger partial charge >= 0.3 is 0 Å². The highest BCUT2D eigenvalue weighted by Crippen LogP contribution is 2.19. The highest BCUT2D eigenvalue weighted by molar-refractivity contribution is 6.37. The average molecular weight is 222 g/mol. The van der Waals surface area contributed by atoms with Crippen molar-refractivity contribution in [3.8, 4) is 0 Å². The van der Waals surface area contributed by atoms with Crippen molar-refractivity contribution in [1.29, 1.82) is 0 Å². The van der Waals surface area contributed by atoms with E-state index in [9.17, 15) is 4.79 Å². The van der Waals surface area contributed by atoms with Gasteiger partial charge in [0.1, 0.15) is 10.3 Å². The van der Waals surface area contributed by atoms with Crippen molar-refractivity contribution in [2.24, 2.45) is 0 Å². The van der Waals surface area contributed by atoms with Crippen LogP contribution in [0.2, 0.25) is 10.3 Å². The van der Waals surface area contributed by atoms with Crippen molar-refractivity contribution >= 4 is 35.4 Å². The average Bonchev–Trinajstić information content (AvgIpc) is 2.07. The quantitative estimate of drug-likeness (QED) is 0.584. The molecule has 0 saturated heterocycles. The molecule has 1 rings (SSSR count). The van der Waals surface area contributed by atoms with Crippen LogP contribution in [0.1, 0.15) is 24.2 Å². The number of hydrogen-bond donors (Lipinski definition) is 1. The number of aldehydes is 1. The summed E-state index contributed by atoms with van der Waals surface area (Å²) in [4.78, 5) is 17.3. The topological polar surface area (TPSA) is 68.9 Å². The van der Waals surface area contributed by atoms with Gasteiger partial charge < -0.3 is 5.73 Å². The van der Waals surface area contributed by atoms with Gasteiger partial charge in [0.15, 0.2) is 6.29 Å². The van der Waals surface area contributed by atoms with Gasteiger partial charge in [-0.1, -0.05) is 37.0 Å². The van der Waals surface area contributed by atoms with Crippen LogP contribution in [-0.4, -0.2) is 16.3 Å². The van der Waals surface area contributed by atoms with Gasteiger partial charge in [0.05, 0.1) is 5.56 Å². The second-order valence-electron chi connectivity index (χ2n) is 1.69. The number of nitrogens with zero attached hydrogens (tertiary/aromatic N) is 2. The van der Waals surface area contributed by atoms with Crippen molar-refractivity contribution in [2.45, 2.75) is 13.8 Å². The van der Waals surface area contributed by atoms with Gasteiger partial charge in [0.2, 0.25) is 5.95 Å². The van der Waals surface area contributed by atoms with E-state index in [1.54, 1.807) is 0 Å². The molecular weight excluding hydrogens is 213 g/mol. The summed E-state index contributed by atoms with van der Waals surface area (Å²) in [6, 6.07) is 0. The lowest BCUT2D eigenvalue weighted by Gasteiger charge is -1.97. The van der Waals surface area contributed by atoms with Crippen LogP contribution in [0.4, 0.5) is 5.95 Å². The van der Waals surface area contributed by atoms with E-state index >= 15 is 0 Å². The second kappa shape index (κ2) is 5.72. The van der Waals surface area contributed by atoms with Gasteiger partial charge in [-0.05, 0) is 0 Å². The van der Waals surface area contributed by atoms with Crippen molar-refractivity contribution in [2.75, 3.05) is 5.73 Å². The summed E-state index contributed by atoms with van der Waals surface area (Å²) in [7, 11) is 0. The highest BCUT2D eigenvalue weighted by Gasteiger charge is 2.08. The Morgan fingerprint density at radius 3 is 1.92 bits per heavy atom. The molecule has 0 atom stereocenters. The van der Waals surface area contributed by atoms with E-state index in [0.29, 0.717) is 6.29 Å². The molecule has 0 bridgehead atoms. The van der Waals surface area contributed by atoms with Crippen molar-refractivity contribution in [3.63, 3.8) is 0 Å². The fraction of sp³-hybridized carbons (Fsp3) is 0.286. The first-order valence-corrected chi connectivity index (χ1v) is 4.34. The monoisotopic (exact) mass is 221 g/mol. The maximum absolute atomic E-state index is 10.3. The first-order chi connectivity index (χ1) is 6.15. The van der Waals surface area contributed by atoms with Gasteiger partial charge in [-0.15, -0.1) is 0 Å². The van der Waals surface area contributed by atoms with Gasteiger partial charge in [0.25, 0.3) is 0 Å². The molecule has 0 aliphatic heterocycles. The lowest BCUT2D eigenvalue weighted by atomic mass is 10.4. The molecule has 0 aliphatic carbocycles. The molecule has 0 amide bonds. The molecule has 0 aromatic carbocycles. The Morgan fingerprint density at radius 2 is 1.62 bits per heavy atom. The summed E-state index contributed by atoms with van der Waals surface area (Å²) in [6.07, 6.45) is 0.476. The SMILES string of the molecule is CC.Nc1nc(Cl)c(C=O)c(Cl)n1. The molecule has 0 fully saturated rings. The van der Waals surface area contributed by atoms with Crippen LogP contribution in [0.5, 0.6) is 0 Å². The van der Waals surface area contributed by atoms with Gasteiger partial charge in [-0.25, -0.2) is 9.97 Å². The second-order valence-corrected chi connectivity index (χ2v) is 2.41. The summed E-state index contributed by atoms with van der Waals surface area (Å²) in [5.41, 5.74) is 5.23. The number of nitrogens with two attached hydrogens (primary N) is 1. The minimum absolute atomic E-state index is 0.0301. The molecular formula is C7H9Cl2N3O. The van der Waals surface area contributed by atoms with E-state index in [-0.39, 0.29) is 21.8 Å². The third-order valence-electron chi connectivity index (χ3n) is 0.988. The molecule has 1 aromatic rings. The fourth-order valence-corrected chi connectivity index (χ4v) is 1.02. The van der Waals surface area contributed by atoms with E-state index < -0.39 is 0 Å². The summed E-state index contributed by atoms with van der Waals surface area (Å²) < 4.78 is 0. The van der Waals surface area contributed by atoms with Crippen LogP contribution in [0, 0.1) is 0 Å². The van der Waals surface area contributed by atoms with Crippen molar-refractivity contribution in [1.82, 2.24) is 9.97 Å². The molecule has 0 unspecified atom stereocenters. The Kier molecular flexibility index (Phi) is 5.34. The summed E-state index contributed by atoms with van der Waals surface area (Å²) in [5, 5.41) is -0.0602. The minimum Gasteiger partial charge on any atom is -0.368 e. The van der Waals surface area contributed by atoms with Crippen LogP contribution >= 0.6 is 23.2 Å². The summed E-state index contributed by atoms with van der Waals surface area (Å²) >= 11 is 11.0. The number of halogens is 2. The molecule has 0 spiro atoms. The number of nitrogen functional groups attached to an aromatic ring is 1. The van der Waals surface area contributed by atoms with E-state index in [1.165, 1.54) is 0 Å². The molecule has 1 heterocycles. The van der Waals surface area contributed by atoms with Crippen LogP contribution in [-0.2, 0) is 0 Å². The van der Waals surface area contributed by atoms with Gasteiger partial charge in [0, 0.05) is 0 Å². The third-order valence-corrected chi connectivity index (χ3v) is 1.56. The molecule has 1 aromatic heterocycles. The Labute approximate surface area is 86.1 Å². The third kappa shape index (κ3) is 3.16. The lowest BCUT2D eigenvalue weighted by Crippen LogP contribution is -1.99.